The topological polar surface area (TPSA) is 20.2 Å². The van der Waals surface area contributed by atoms with Crippen molar-refractivity contribution >= 4 is 0 Å². The van der Waals surface area contributed by atoms with Gasteiger partial charge < -0.3 is 5.11 Å². The monoisotopic (exact) mass is 256 g/mol. The van der Waals surface area contributed by atoms with E-state index in [1.54, 1.807) is 0 Å². The molecule has 2 unspecified atom stereocenters. The van der Waals surface area contributed by atoms with Gasteiger partial charge in [0.25, 0.3) is 0 Å². The number of fused-ring (bicyclic) bond motifs is 1. The van der Waals surface area contributed by atoms with Gasteiger partial charge >= 0.3 is 0 Å². The lowest BCUT2D eigenvalue weighted by Gasteiger charge is -2.39. The van der Waals surface area contributed by atoms with Crippen LogP contribution in [0, 0.1) is 11.6 Å². The highest BCUT2D eigenvalue weighted by Crippen LogP contribution is 2.43. The van der Waals surface area contributed by atoms with E-state index in [0.717, 1.165) is 11.1 Å². The Kier molecular flexibility index (Phi) is 4.49. The van der Waals surface area contributed by atoms with Gasteiger partial charge in [-0.3, -0.25) is 0 Å². The maximum atomic E-state index is 13.2. The summed E-state index contributed by atoms with van der Waals surface area (Å²) in [4.78, 5) is 0. The molecule has 1 aromatic carbocycles. The highest BCUT2D eigenvalue weighted by molar-refractivity contribution is 5.40. The third-order valence-corrected chi connectivity index (χ3v) is 3.61. The van der Waals surface area contributed by atoms with Crippen LogP contribution in [0.25, 0.3) is 0 Å². The van der Waals surface area contributed by atoms with Crippen LogP contribution in [0.4, 0.5) is 8.78 Å². The van der Waals surface area contributed by atoms with E-state index in [4.69, 9.17) is 0 Å². The molecule has 0 saturated heterocycles. The Bertz CT molecular complexity index is 427. The van der Waals surface area contributed by atoms with Crippen LogP contribution in [0.5, 0.6) is 0 Å². The summed E-state index contributed by atoms with van der Waals surface area (Å²) < 4.78 is 26.4. The number of aliphatic hydroxyl groups excluding tert-OH is 1. The van der Waals surface area contributed by atoms with Gasteiger partial charge in [0.05, 0.1) is 6.10 Å². The minimum Gasteiger partial charge on any atom is -0.392 e. The van der Waals surface area contributed by atoms with Crippen molar-refractivity contribution < 1.29 is 13.9 Å². The van der Waals surface area contributed by atoms with Gasteiger partial charge in [0.1, 0.15) is 0 Å². The van der Waals surface area contributed by atoms with E-state index in [1.807, 2.05) is 34.6 Å². The zero-order chi connectivity index (χ0) is 14.1. The first-order valence-corrected chi connectivity index (χ1v) is 6.50. The molecule has 2 rings (SSSR count). The molecule has 0 spiro atoms. The van der Waals surface area contributed by atoms with Crippen LogP contribution >= 0.6 is 0 Å². The molecule has 0 aromatic heterocycles. The second kappa shape index (κ2) is 5.35. The Morgan fingerprint density at radius 1 is 1.17 bits per heavy atom. The number of halogens is 2. The smallest absolute Gasteiger partial charge is 0.159 e. The lowest BCUT2D eigenvalue weighted by atomic mass is 9.68. The number of aliphatic hydroxyl groups is 1. The Labute approximate surface area is 108 Å². The highest BCUT2D eigenvalue weighted by Gasteiger charge is 2.37. The summed E-state index contributed by atoms with van der Waals surface area (Å²) in [5.41, 5.74) is 1.22. The summed E-state index contributed by atoms with van der Waals surface area (Å²) >= 11 is 0. The summed E-state index contributed by atoms with van der Waals surface area (Å²) in [6, 6.07) is 2.49. The molecule has 1 nitrogen and oxygen atoms in total. The minimum atomic E-state index is -0.837. The van der Waals surface area contributed by atoms with Crippen molar-refractivity contribution in [2.24, 2.45) is 0 Å². The highest BCUT2D eigenvalue weighted by atomic mass is 19.2. The van der Waals surface area contributed by atoms with Crippen LogP contribution in [-0.4, -0.2) is 11.2 Å². The third kappa shape index (κ3) is 2.56. The van der Waals surface area contributed by atoms with E-state index >= 15 is 0 Å². The number of hydrogen-bond acceptors (Lipinski definition) is 1. The standard InChI is InChI=1S/C13H16F2O.C2H6/c1-7-8-4-10(14)11(15)5-9(8)13(2,3)6-12(7)16;1-2/h4-5,7,12,16H,6H2,1-3H3;1-2H3. The third-order valence-electron chi connectivity index (χ3n) is 3.61. The summed E-state index contributed by atoms with van der Waals surface area (Å²) in [6.07, 6.45) is 0.0824. The molecule has 0 saturated carbocycles. The van der Waals surface area contributed by atoms with Gasteiger partial charge in [-0.2, -0.15) is 0 Å². The molecule has 0 aliphatic heterocycles. The Morgan fingerprint density at radius 2 is 1.67 bits per heavy atom. The molecule has 2 atom stereocenters. The van der Waals surface area contributed by atoms with Gasteiger partial charge in [-0.15, -0.1) is 0 Å². The molecule has 3 heteroatoms. The number of hydrogen-bond donors (Lipinski definition) is 1. The quantitative estimate of drug-likeness (QED) is 0.739. The number of benzene rings is 1. The second-order valence-electron chi connectivity index (χ2n) is 5.30. The summed E-state index contributed by atoms with van der Waals surface area (Å²) in [5.74, 6) is -1.79. The van der Waals surface area contributed by atoms with Crippen molar-refractivity contribution in [2.45, 2.75) is 58.5 Å². The van der Waals surface area contributed by atoms with Crippen molar-refractivity contribution in [3.63, 3.8) is 0 Å². The first-order valence-electron chi connectivity index (χ1n) is 6.50. The van der Waals surface area contributed by atoms with E-state index in [9.17, 15) is 13.9 Å². The average molecular weight is 256 g/mol. The van der Waals surface area contributed by atoms with Crippen LogP contribution in [0.3, 0.4) is 0 Å². The molecule has 18 heavy (non-hydrogen) atoms. The molecule has 102 valence electrons. The van der Waals surface area contributed by atoms with Crippen LogP contribution in [0.1, 0.15) is 58.1 Å². The van der Waals surface area contributed by atoms with Crippen molar-refractivity contribution in [3.05, 3.63) is 34.9 Å². The molecule has 0 heterocycles. The van der Waals surface area contributed by atoms with Gasteiger partial charge in [-0.05, 0) is 35.1 Å². The molecule has 0 bridgehead atoms. The van der Waals surface area contributed by atoms with Gasteiger partial charge in [0, 0.05) is 5.92 Å². The fourth-order valence-corrected chi connectivity index (χ4v) is 2.54. The van der Waals surface area contributed by atoms with E-state index in [1.165, 1.54) is 12.1 Å². The second-order valence-corrected chi connectivity index (χ2v) is 5.30. The summed E-state index contributed by atoms with van der Waals surface area (Å²) in [7, 11) is 0. The Morgan fingerprint density at radius 3 is 2.22 bits per heavy atom. The zero-order valence-electron chi connectivity index (χ0n) is 11.7. The first kappa shape index (κ1) is 15.1. The predicted molar refractivity (Wildman–Crippen MR) is 69.8 cm³/mol. The minimum absolute atomic E-state index is 0.141. The van der Waals surface area contributed by atoms with Crippen LogP contribution in [0.2, 0.25) is 0 Å². The van der Waals surface area contributed by atoms with Crippen molar-refractivity contribution in [3.8, 4) is 0 Å². The molecule has 1 aromatic rings. The average Bonchev–Trinajstić information content (AvgIpc) is 2.31. The van der Waals surface area contributed by atoms with Crippen LogP contribution in [-0.2, 0) is 5.41 Å². The van der Waals surface area contributed by atoms with Gasteiger partial charge in [-0.1, -0.05) is 34.6 Å². The molecular formula is C15H22F2O. The van der Waals surface area contributed by atoms with Gasteiger partial charge in [-0.25, -0.2) is 8.78 Å². The van der Waals surface area contributed by atoms with Crippen LogP contribution < -0.4 is 0 Å². The maximum absolute atomic E-state index is 13.2. The van der Waals surface area contributed by atoms with Crippen molar-refractivity contribution in [1.82, 2.24) is 0 Å². The summed E-state index contributed by atoms with van der Waals surface area (Å²) in [6.45, 7) is 9.73. The molecule has 1 aliphatic carbocycles. The van der Waals surface area contributed by atoms with Gasteiger partial charge in [0.15, 0.2) is 11.6 Å². The largest absolute Gasteiger partial charge is 0.392 e. The zero-order valence-corrected chi connectivity index (χ0v) is 11.7. The van der Waals surface area contributed by atoms with E-state index in [2.05, 4.69) is 0 Å². The lowest BCUT2D eigenvalue weighted by Crippen LogP contribution is -2.35. The Balaban J connectivity index is 0.000000771. The fourth-order valence-electron chi connectivity index (χ4n) is 2.54. The molecule has 0 fully saturated rings. The molecular weight excluding hydrogens is 234 g/mol. The molecule has 1 aliphatic rings. The normalized spacial score (nSPS) is 24.9. The SMILES string of the molecule is CC.CC1c2cc(F)c(F)cc2C(C)(C)CC1O. The van der Waals surface area contributed by atoms with E-state index < -0.39 is 17.7 Å². The maximum Gasteiger partial charge on any atom is 0.159 e. The van der Waals surface area contributed by atoms with Gasteiger partial charge in [0.2, 0.25) is 0 Å². The molecule has 1 N–H and O–H groups in total. The Hall–Kier alpha value is -0.960. The van der Waals surface area contributed by atoms with Crippen LogP contribution in [0.15, 0.2) is 12.1 Å². The number of rotatable bonds is 0. The van der Waals surface area contributed by atoms with E-state index in [0.29, 0.717) is 6.42 Å². The van der Waals surface area contributed by atoms with Crippen molar-refractivity contribution in [1.29, 1.82) is 0 Å². The first-order chi connectivity index (χ1) is 8.33. The fraction of sp³-hybridized carbons (Fsp3) is 0.600. The predicted octanol–water partition coefficient (Wildman–Crippen LogP) is 4.14. The van der Waals surface area contributed by atoms with E-state index in [-0.39, 0.29) is 11.3 Å². The molecule has 0 amide bonds. The van der Waals surface area contributed by atoms with Crippen molar-refractivity contribution in [2.75, 3.05) is 0 Å². The summed E-state index contributed by atoms with van der Waals surface area (Å²) in [5, 5.41) is 9.90. The molecule has 0 radical (unpaired) electrons. The lowest BCUT2D eigenvalue weighted by molar-refractivity contribution is 0.103.